The Morgan fingerprint density at radius 2 is 2.20 bits per heavy atom. The number of rotatable bonds is 4. The van der Waals surface area contributed by atoms with Gasteiger partial charge in [-0.1, -0.05) is 12.8 Å². The second kappa shape index (κ2) is 4.70. The first-order valence-electron chi connectivity index (χ1n) is 5.69. The fraction of sp³-hybridized carbons (Fsp3) is 0.900. The fourth-order valence-corrected chi connectivity index (χ4v) is 2.50. The van der Waals surface area contributed by atoms with E-state index >= 15 is 0 Å². The van der Waals surface area contributed by atoms with Crippen molar-refractivity contribution in [1.82, 2.24) is 25.5 Å². The molecule has 0 saturated heterocycles. The van der Waals surface area contributed by atoms with Crippen LogP contribution in [0.2, 0.25) is 0 Å². The molecule has 0 amide bonds. The van der Waals surface area contributed by atoms with Crippen LogP contribution in [0.1, 0.15) is 37.4 Å². The summed E-state index contributed by atoms with van der Waals surface area (Å²) in [5.41, 5.74) is 0. The molecule has 0 aromatic carbocycles. The van der Waals surface area contributed by atoms with Gasteiger partial charge in [0.1, 0.15) is 0 Å². The molecule has 5 heteroatoms. The summed E-state index contributed by atoms with van der Waals surface area (Å²) in [6.45, 7) is 0.955. The van der Waals surface area contributed by atoms with E-state index < -0.39 is 0 Å². The van der Waals surface area contributed by atoms with Crippen molar-refractivity contribution in [3.05, 3.63) is 5.82 Å². The summed E-state index contributed by atoms with van der Waals surface area (Å²) < 4.78 is 0. The molecule has 1 N–H and O–H groups in total. The van der Waals surface area contributed by atoms with Gasteiger partial charge in [-0.15, -0.1) is 10.2 Å². The van der Waals surface area contributed by atoms with E-state index in [4.69, 9.17) is 0 Å². The first-order valence-corrected chi connectivity index (χ1v) is 5.69. The second-order valence-corrected chi connectivity index (χ2v) is 4.35. The van der Waals surface area contributed by atoms with Crippen LogP contribution in [0.15, 0.2) is 0 Å². The van der Waals surface area contributed by atoms with Gasteiger partial charge >= 0.3 is 0 Å². The van der Waals surface area contributed by atoms with E-state index in [0.717, 1.165) is 18.3 Å². The molecule has 5 nitrogen and oxygen atoms in total. The predicted molar refractivity (Wildman–Crippen MR) is 57.4 cm³/mol. The summed E-state index contributed by atoms with van der Waals surface area (Å²) >= 11 is 0. The van der Waals surface area contributed by atoms with Crippen LogP contribution in [-0.4, -0.2) is 33.8 Å². The van der Waals surface area contributed by atoms with Crippen LogP contribution in [0.3, 0.4) is 0 Å². The molecule has 1 unspecified atom stereocenters. The minimum absolute atomic E-state index is 0.436. The number of likely N-dealkylation sites (N-methyl/N-ethyl adjacent to an activating group) is 1. The Morgan fingerprint density at radius 1 is 1.47 bits per heavy atom. The summed E-state index contributed by atoms with van der Waals surface area (Å²) in [5.74, 6) is 2.08. The van der Waals surface area contributed by atoms with Crippen molar-refractivity contribution < 1.29 is 0 Å². The lowest BCUT2D eigenvalue weighted by Crippen LogP contribution is -2.24. The number of nitrogens with zero attached hydrogens (tertiary/aromatic N) is 4. The number of aryl methyl sites for hydroxylation is 1. The first kappa shape index (κ1) is 10.5. The van der Waals surface area contributed by atoms with E-state index in [9.17, 15) is 0 Å². The SMILES string of the molecule is CNCC(c1nnn(C)n1)C1CCCC1. The van der Waals surface area contributed by atoms with Crippen LogP contribution in [0.4, 0.5) is 0 Å². The summed E-state index contributed by atoms with van der Waals surface area (Å²) in [6.07, 6.45) is 5.32. The zero-order valence-corrected chi connectivity index (χ0v) is 9.48. The Bertz CT molecular complexity index is 303. The number of hydrogen-bond acceptors (Lipinski definition) is 4. The van der Waals surface area contributed by atoms with Crippen molar-refractivity contribution in [3.63, 3.8) is 0 Å². The van der Waals surface area contributed by atoms with Gasteiger partial charge in [-0.3, -0.25) is 0 Å². The maximum Gasteiger partial charge on any atom is 0.179 e. The molecular weight excluding hydrogens is 190 g/mol. The summed E-state index contributed by atoms with van der Waals surface area (Å²) in [4.78, 5) is 1.55. The fourth-order valence-electron chi connectivity index (χ4n) is 2.50. The van der Waals surface area contributed by atoms with Crippen molar-refractivity contribution >= 4 is 0 Å². The molecule has 1 aliphatic rings. The number of nitrogens with one attached hydrogen (secondary N) is 1. The summed E-state index contributed by atoms with van der Waals surface area (Å²) in [7, 11) is 3.81. The maximum absolute atomic E-state index is 4.33. The Morgan fingerprint density at radius 3 is 2.73 bits per heavy atom. The predicted octanol–water partition coefficient (Wildman–Crippen LogP) is 0.703. The quantitative estimate of drug-likeness (QED) is 0.793. The van der Waals surface area contributed by atoms with Gasteiger partial charge in [0, 0.05) is 12.5 Å². The van der Waals surface area contributed by atoms with Gasteiger partial charge in [-0.25, -0.2) is 0 Å². The Labute approximate surface area is 90.2 Å². The molecule has 84 valence electrons. The van der Waals surface area contributed by atoms with E-state index in [1.165, 1.54) is 25.7 Å². The van der Waals surface area contributed by atoms with Crippen LogP contribution in [0.5, 0.6) is 0 Å². The zero-order valence-electron chi connectivity index (χ0n) is 9.48. The van der Waals surface area contributed by atoms with Gasteiger partial charge in [0.15, 0.2) is 5.82 Å². The molecule has 1 heterocycles. The van der Waals surface area contributed by atoms with Crippen LogP contribution >= 0.6 is 0 Å². The zero-order chi connectivity index (χ0) is 10.7. The number of aromatic nitrogens is 4. The standard InChI is InChI=1S/C10H19N5/c1-11-7-9(8-5-3-4-6-8)10-12-14-15(2)13-10/h8-9,11H,3-7H2,1-2H3. The van der Waals surface area contributed by atoms with Gasteiger partial charge in [0.25, 0.3) is 0 Å². The monoisotopic (exact) mass is 209 g/mol. The molecule has 1 fully saturated rings. The highest BCUT2D eigenvalue weighted by Crippen LogP contribution is 2.35. The summed E-state index contributed by atoms with van der Waals surface area (Å²) in [5, 5.41) is 15.6. The molecule has 1 aromatic rings. The van der Waals surface area contributed by atoms with Gasteiger partial charge < -0.3 is 5.32 Å². The Balaban J connectivity index is 2.11. The average molecular weight is 209 g/mol. The average Bonchev–Trinajstić information content (AvgIpc) is 2.85. The highest BCUT2D eigenvalue weighted by atomic mass is 15.6. The molecule has 15 heavy (non-hydrogen) atoms. The second-order valence-electron chi connectivity index (χ2n) is 4.35. The smallest absolute Gasteiger partial charge is 0.179 e. The van der Waals surface area contributed by atoms with E-state index in [1.54, 1.807) is 4.80 Å². The van der Waals surface area contributed by atoms with Crippen molar-refractivity contribution in [1.29, 1.82) is 0 Å². The number of hydrogen-bond donors (Lipinski definition) is 1. The maximum atomic E-state index is 4.33. The van der Waals surface area contributed by atoms with Crippen LogP contribution in [0.25, 0.3) is 0 Å². The highest BCUT2D eigenvalue weighted by molar-refractivity contribution is 4.97. The van der Waals surface area contributed by atoms with Crippen molar-refractivity contribution in [2.24, 2.45) is 13.0 Å². The number of tetrazole rings is 1. The Hall–Kier alpha value is -0.970. The van der Waals surface area contributed by atoms with Gasteiger partial charge in [0.05, 0.1) is 7.05 Å². The third-order valence-corrected chi connectivity index (χ3v) is 3.25. The van der Waals surface area contributed by atoms with E-state index in [1.807, 2.05) is 14.1 Å². The molecule has 0 spiro atoms. The molecule has 0 radical (unpaired) electrons. The third kappa shape index (κ3) is 2.34. The normalized spacial score (nSPS) is 19.6. The van der Waals surface area contributed by atoms with Gasteiger partial charge in [0.2, 0.25) is 0 Å². The molecule has 2 rings (SSSR count). The minimum Gasteiger partial charge on any atom is -0.319 e. The third-order valence-electron chi connectivity index (χ3n) is 3.25. The lowest BCUT2D eigenvalue weighted by atomic mass is 9.90. The Kier molecular flexibility index (Phi) is 3.30. The molecule has 0 bridgehead atoms. The van der Waals surface area contributed by atoms with Crippen LogP contribution in [-0.2, 0) is 7.05 Å². The topological polar surface area (TPSA) is 55.6 Å². The molecule has 1 aliphatic carbocycles. The summed E-state index contributed by atoms with van der Waals surface area (Å²) in [6, 6.07) is 0. The first-order chi connectivity index (χ1) is 7.31. The van der Waals surface area contributed by atoms with Crippen molar-refractivity contribution in [3.8, 4) is 0 Å². The molecule has 1 atom stereocenters. The van der Waals surface area contributed by atoms with Gasteiger partial charge in [-0.2, -0.15) is 4.80 Å². The molecule has 1 aromatic heterocycles. The highest BCUT2D eigenvalue weighted by Gasteiger charge is 2.28. The van der Waals surface area contributed by atoms with E-state index in [-0.39, 0.29) is 0 Å². The lowest BCUT2D eigenvalue weighted by Gasteiger charge is -2.19. The minimum atomic E-state index is 0.436. The van der Waals surface area contributed by atoms with Crippen molar-refractivity contribution in [2.75, 3.05) is 13.6 Å². The van der Waals surface area contributed by atoms with Crippen molar-refractivity contribution in [2.45, 2.75) is 31.6 Å². The van der Waals surface area contributed by atoms with Crippen LogP contribution in [0, 0.1) is 5.92 Å². The van der Waals surface area contributed by atoms with Gasteiger partial charge in [-0.05, 0) is 31.0 Å². The van der Waals surface area contributed by atoms with Crippen LogP contribution < -0.4 is 5.32 Å². The molecule has 0 aliphatic heterocycles. The lowest BCUT2D eigenvalue weighted by molar-refractivity contribution is 0.404. The molecular formula is C10H19N5. The largest absolute Gasteiger partial charge is 0.319 e. The molecule has 1 saturated carbocycles. The van der Waals surface area contributed by atoms with E-state index in [2.05, 4.69) is 20.7 Å². The van der Waals surface area contributed by atoms with E-state index in [0.29, 0.717) is 5.92 Å².